The lowest BCUT2D eigenvalue weighted by Gasteiger charge is -1.88. The molecule has 0 unspecified atom stereocenters. The second kappa shape index (κ2) is 3.06. The van der Waals surface area contributed by atoms with Gasteiger partial charge in [-0.1, -0.05) is 25.2 Å². The van der Waals surface area contributed by atoms with E-state index in [4.69, 9.17) is 0 Å². The average Bonchev–Trinajstić information content (AvgIpc) is 1.90. The van der Waals surface area contributed by atoms with E-state index in [1.807, 2.05) is 0 Å². The Morgan fingerprint density at radius 1 is 1.22 bits per heavy atom. The Hall–Kier alpha value is -0.250. The molecule has 1 aromatic carbocycles. The third kappa shape index (κ3) is 1.86. The van der Waals surface area contributed by atoms with Crippen LogP contribution < -0.4 is 0 Å². The summed E-state index contributed by atoms with van der Waals surface area (Å²) in [5, 5.41) is 0. The summed E-state index contributed by atoms with van der Waals surface area (Å²) >= 11 is -0.120. The van der Waals surface area contributed by atoms with Gasteiger partial charge in [-0.2, -0.15) is 0 Å². The fraction of sp³-hybridized carbons (Fsp3) is 0. The second-order valence-electron chi connectivity index (χ2n) is 1.57. The van der Waals surface area contributed by atoms with Crippen molar-refractivity contribution in [1.82, 2.24) is 0 Å². The minimum Gasteiger partial charge on any atom is -0.207 e. The topological polar surface area (TPSA) is 0 Å². The van der Waals surface area contributed by atoms with Crippen molar-refractivity contribution < 1.29 is 4.39 Å². The summed E-state index contributed by atoms with van der Waals surface area (Å²) in [7, 11) is 0. The summed E-state index contributed by atoms with van der Waals surface area (Å²) in [6.45, 7) is 0. The maximum atomic E-state index is 12.2. The van der Waals surface area contributed by atoms with Crippen LogP contribution in [0.1, 0.15) is 0 Å². The lowest BCUT2D eigenvalue weighted by atomic mass is 10.4. The highest BCUT2D eigenvalue weighted by Gasteiger charge is 1.86. The van der Waals surface area contributed by atoms with E-state index in [1.54, 1.807) is 12.1 Å². The zero-order chi connectivity index (χ0) is 6.69. The van der Waals surface area contributed by atoms with E-state index in [9.17, 15) is 4.39 Å². The van der Waals surface area contributed by atoms with Gasteiger partial charge in [0.1, 0.15) is 5.82 Å². The normalized spacial score (nSPS) is 9.44. The molecule has 0 spiro atoms. The predicted octanol–water partition coefficient (Wildman–Crippen LogP) is 2.40. The Labute approximate surface area is 63.5 Å². The van der Waals surface area contributed by atoms with Crippen LogP contribution in [0.4, 0.5) is 4.39 Å². The third-order valence-corrected chi connectivity index (χ3v) is 2.56. The van der Waals surface area contributed by atoms with Gasteiger partial charge in [0.2, 0.25) is 0 Å². The van der Waals surface area contributed by atoms with Crippen LogP contribution in [0, 0.1) is 9.39 Å². The summed E-state index contributed by atoms with van der Waals surface area (Å²) in [6, 6.07) is 6.52. The van der Waals surface area contributed by atoms with Crippen LogP contribution in [0.5, 0.6) is 0 Å². The molecule has 9 heavy (non-hydrogen) atoms. The van der Waals surface area contributed by atoms with Gasteiger partial charge in [0.25, 0.3) is 0 Å². The van der Waals surface area contributed by atoms with E-state index in [-0.39, 0.29) is 26.5 Å². The van der Waals surface area contributed by atoms with Gasteiger partial charge in [0.15, 0.2) is 0 Å². The number of hydrogen-bond donors (Lipinski definition) is 0. The van der Waals surface area contributed by atoms with Gasteiger partial charge < -0.3 is 0 Å². The van der Waals surface area contributed by atoms with Crippen LogP contribution in [0.2, 0.25) is 0 Å². The minimum absolute atomic E-state index is 0.120. The molecule has 0 N–H and O–H groups in total. The maximum absolute atomic E-state index is 12.2. The molecule has 1 rings (SSSR count). The Bertz CT molecular complexity index is 203. The summed E-state index contributed by atoms with van der Waals surface area (Å²) in [5.74, 6) is -0.170. The molecule has 0 aliphatic heterocycles. The summed E-state index contributed by atoms with van der Waals surface area (Å²) in [6.07, 6.45) is 0. The highest BCUT2D eigenvalue weighted by molar-refractivity contribution is 14.2. The first kappa shape index (κ1) is 6.86. The van der Waals surface area contributed by atoms with Crippen LogP contribution in [0.25, 0.3) is 0 Å². The first-order valence-electron chi connectivity index (χ1n) is 2.47. The molecule has 0 aliphatic rings. The summed E-state index contributed by atoms with van der Waals surface area (Å²) in [4.78, 5) is 0. The molecule has 0 amide bonds. The molecule has 48 valence electrons. The van der Waals surface area contributed by atoms with Crippen molar-refractivity contribution >= 4 is 25.2 Å². The highest BCUT2D eigenvalue weighted by atomic mass is 127. The second-order valence-corrected chi connectivity index (χ2v) is 3.58. The average molecular weight is 236 g/mol. The van der Waals surface area contributed by atoms with E-state index in [1.165, 1.54) is 15.7 Å². The van der Waals surface area contributed by atoms with Crippen molar-refractivity contribution in [1.29, 1.82) is 0 Å². The van der Waals surface area contributed by atoms with Crippen molar-refractivity contribution in [2.24, 2.45) is 0 Å². The molecule has 0 saturated heterocycles. The van der Waals surface area contributed by atoms with Crippen molar-refractivity contribution in [2.75, 3.05) is 0 Å². The van der Waals surface area contributed by atoms with Crippen LogP contribution in [0.15, 0.2) is 24.3 Å². The molecule has 0 saturated carbocycles. The largest absolute Gasteiger partial charge is 0.207 e. The van der Waals surface area contributed by atoms with Crippen LogP contribution in [-0.2, 0) is 0 Å². The molecule has 0 aliphatic carbocycles. The van der Waals surface area contributed by atoms with Crippen LogP contribution >= 0.6 is 20.7 Å². The van der Waals surface area contributed by atoms with Gasteiger partial charge in [0, 0.05) is 3.57 Å². The Morgan fingerprint density at radius 2 is 1.78 bits per heavy atom. The molecule has 0 nitrogen and oxygen atoms in total. The Balaban J connectivity index is 3.01. The van der Waals surface area contributed by atoms with E-state index < -0.39 is 0 Å². The standard InChI is InChI=1S/C7H6FI/c1-9-7-4-2-6(8)3-5-7/h2-5H,1H2. The number of hydrogen-bond acceptors (Lipinski definition) is 0. The minimum atomic E-state index is -0.170. The van der Waals surface area contributed by atoms with E-state index in [0.29, 0.717) is 0 Å². The molecule has 0 radical (unpaired) electrons. The van der Waals surface area contributed by atoms with Crippen molar-refractivity contribution in [3.05, 3.63) is 33.7 Å². The SMILES string of the molecule is C=Ic1ccc(F)cc1. The number of halogens is 2. The number of benzene rings is 1. The Morgan fingerprint density at radius 3 is 2.22 bits per heavy atom. The zero-order valence-corrected chi connectivity index (χ0v) is 6.93. The quantitative estimate of drug-likeness (QED) is 0.657. The number of rotatable bonds is 1. The molecule has 0 fully saturated rings. The highest BCUT2D eigenvalue weighted by Crippen LogP contribution is 2.08. The lowest BCUT2D eigenvalue weighted by molar-refractivity contribution is 0.627. The zero-order valence-electron chi connectivity index (χ0n) is 4.77. The van der Waals surface area contributed by atoms with Gasteiger partial charge >= 0.3 is 0 Å². The fourth-order valence-corrected chi connectivity index (χ4v) is 1.39. The molecular weight excluding hydrogens is 230 g/mol. The van der Waals surface area contributed by atoms with Gasteiger partial charge in [0.05, 0.1) is 0 Å². The van der Waals surface area contributed by atoms with Crippen molar-refractivity contribution in [3.8, 4) is 0 Å². The van der Waals surface area contributed by atoms with E-state index in [2.05, 4.69) is 4.51 Å². The third-order valence-electron chi connectivity index (χ3n) is 0.958. The lowest BCUT2D eigenvalue weighted by Crippen LogP contribution is -1.72. The maximum Gasteiger partial charge on any atom is 0.123 e. The summed E-state index contributed by atoms with van der Waals surface area (Å²) < 4.78 is 17.2. The monoisotopic (exact) mass is 236 g/mol. The fourth-order valence-electron chi connectivity index (χ4n) is 0.519. The van der Waals surface area contributed by atoms with Crippen LogP contribution in [0.3, 0.4) is 0 Å². The molecule has 1 aromatic rings. The van der Waals surface area contributed by atoms with Gasteiger partial charge in [-0.25, -0.2) is 4.39 Å². The molecular formula is C7H6FI. The van der Waals surface area contributed by atoms with E-state index in [0.717, 1.165) is 0 Å². The van der Waals surface area contributed by atoms with Crippen molar-refractivity contribution in [2.45, 2.75) is 0 Å². The first-order valence-corrected chi connectivity index (χ1v) is 5.07. The first-order chi connectivity index (χ1) is 4.33. The van der Waals surface area contributed by atoms with Gasteiger partial charge in [-0.3, -0.25) is 0 Å². The smallest absolute Gasteiger partial charge is 0.123 e. The van der Waals surface area contributed by atoms with Gasteiger partial charge in [-0.05, 0) is 24.3 Å². The molecule has 0 heterocycles. The van der Waals surface area contributed by atoms with Crippen LogP contribution in [-0.4, -0.2) is 4.51 Å². The van der Waals surface area contributed by atoms with E-state index >= 15 is 0 Å². The predicted molar refractivity (Wildman–Crippen MR) is 46.2 cm³/mol. The summed E-state index contributed by atoms with van der Waals surface area (Å²) in [5.41, 5.74) is 0. The molecule has 2 heteroatoms. The van der Waals surface area contributed by atoms with Gasteiger partial charge in [-0.15, -0.1) is 0 Å². The van der Waals surface area contributed by atoms with Crippen molar-refractivity contribution in [3.63, 3.8) is 0 Å². The Kier molecular flexibility index (Phi) is 2.33. The molecule has 0 bridgehead atoms. The molecule has 0 aromatic heterocycles. The molecule has 0 atom stereocenters.